The first-order chi connectivity index (χ1) is 11.7. The second kappa shape index (κ2) is 5.73. The van der Waals surface area contributed by atoms with E-state index >= 15 is 0 Å². The normalized spacial score (nSPS) is 10.9. The molecule has 0 unspecified atom stereocenters. The van der Waals surface area contributed by atoms with Crippen molar-refractivity contribution < 1.29 is 8.91 Å². The highest BCUT2D eigenvalue weighted by Crippen LogP contribution is 2.33. The number of pyridine rings is 1. The minimum Gasteiger partial charge on any atom is -0.360 e. The summed E-state index contributed by atoms with van der Waals surface area (Å²) < 4.78 is 20.4. The highest BCUT2D eigenvalue weighted by molar-refractivity contribution is 5.79. The average Bonchev–Trinajstić information content (AvgIpc) is 3.23. The molecule has 0 fully saturated rings. The van der Waals surface area contributed by atoms with Gasteiger partial charge in [0.2, 0.25) is 0 Å². The van der Waals surface area contributed by atoms with E-state index in [0.29, 0.717) is 11.5 Å². The van der Waals surface area contributed by atoms with Crippen molar-refractivity contribution in [1.82, 2.24) is 19.7 Å². The lowest BCUT2D eigenvalue weighted by Crippen LogP contribution is -1.89. The zero-order valence-electron chi connectivity index (χ0n) is 12.8. The van der Waals surface area contributed by atoms with Crippen molar-refractivity contribution in [1.29, 1.82) is 0 Å². The van der Waals surface area contributed by atoms with Gasteiger partial charge in [-0.1, -0.05) is 5.16 Å². The van der Waals surface area contributed by atoms with Crippen molar-refractivity contribution in [3.05, 3.63) is 72.9 Å². The molecule has 0 atom stereocenters. The quantitative estimate of drug-likeness (QED) is 0.572. The zero-order chi connectivity index (χ0) is 16.5. The van der Waals surface area contributed by atoms with Crippen molar-refractivity contribution in [2.24, 2.45) is 0 Å². The van der Waals surface area contributed by atoms with Crippen LogP contribution in [0.2, 0.25) is 0 Å². The standard InChI is InChI=1S/C18H13FN4O/c1-12-17(18(22-24-12)13-2-4-14(19)5-3-13)16-10-23(11-21-16)15-6-8-20-9-7-15/h2-11H,1H3. The summed E-state index contributed by atoms with van der Waals surface area (Å²) >= 11 is 0. The Kier molecular flexibility index (Phi) is 3.42. The molecule has 24 heavy (non-hydrogen) atoms. The molecule has 0 aliphatic heterocycles. The van der Waals surface area contributed by atoms with Crippen molar-refractivity contribution >= 4 is 0 Å². The molecular formula is C18H13FN4O. The number of rotatable bonds is 3. The first kappa shape index (κ1) is 14.3. The Bertz CT molecular complexity index is 974. The van der Waals surface area contributed by atoms with Crippen LogP contribution in [0.3, 0.4) is 0 Å². The Balaban J connectivity index is 1.79. The summed E-state index contributed by atoms with van der Waals surface area (Å²) in [6, 6.07) is 9.95. The van der Waals surface area contributed by atoms with Crippen molar-refractivity contribution in [3.8, 4) is 28.2 Å². The van der Waals surface area contributed by atoms with Crippen LogP contribution in [0.15, 0.2) is 65.8 Å². The van der Waals surface area contributed by atoms with E-state index in [9.17, 15) is 4.39 Å². The maximum absolute atomic E-state index is 13.2. The molecule has 0 radical (unpaired) electrons. The van der Waals surface area contributed by atoms with Crippen molar-refractivity contribution in [3.63, 3.8) is 0 Å². The molecule has 0 aliphatic rings. The van der Waals surface area contributed by atoms with E-state index in [1.807, 2.05) is 29.8 Å². The lowest BCUT2D eigenvalue weighted by atomic mass is 10.0. The van der Waals surface area contributed by atoms with Gasteiger partial charge in [-0.2, -0.15) is 0 Å². The number of nitrogens with zero attached hydrogens (tertiary/aromatic N) is 4. The van der Waals surface area contributed by atoms with Gasteiger partial charge >= 0.3 is 0 Å². The molecule has 118 valence electrons. The number of imidazole rings is 1. The summed E-state index contributed by atoms with van der Waals surface area (Å²) in [7, 11) is 0. The van der Waals surface area contributed by atoms with E-state index in [0.717, 1.165) is 22.5 Å². The highest BCUT2D eigenvalue weighted by atomic mass is 19.1. The number of benzene rings is 1. The van der Waals surface area contributed by atoms with Gasteiger partial charge < -0.3 is 9.09 Å². The van der Waals surface area contributed by atoms with Crippen LogP contribution >= 0.6 is 0 Å². The lowest BCUT2D eigenvalue weighted by Gasteiger charge is -2.01. The molecule has 0 spiro atoms. The van der Waals surface area contributed by atoms with Crippen LogP contribution in [-0.4, -0.2) is 19.7 Å². The minimum absolute atomic E-state index is 0.289. The lowest BCUT2D eigenvalue weighted by molar-refractivity contribution is 0.400. The molecule has 0 bridgehead atoms. The third-order valence-electron chi connectivity index (χ3n) is 3.78. The van der Waals surface area contributed by atoms with Gasteiger partial charge in [0.15, 0.2) is 0 Å². The molecule has 0 aliphatic carbocycles. The summed E-state index contributed by atoms with van der Waals surface area (Å²) in [5.41, 5.74) is 3.93. The van der Waals surface area contributed by atoms with Crippen LogP contribution in [0, 0.1) is 12.7 Å². The van der Waals surface area contributed by atoms with E-state index in [1.165, 1.54) is 12.1 Å². The van der Waals surface area contributed by atoms with Crippen LogP contribution in [-0.2, 0) is 0 Å². The largest absolute Gasteiger partial charge is 0.360 e. The summed E-state index contributed by atoms with van der Waals surface area (Å²) in [5, 5.41) is 4.12. The fraction of sp³-hybridized carbons (Fsp3) is 0.0556. The number of hydrogen-bond acceptors (Lipinski definition) is 4. The molecule has 0 saturated heterocycles. The topological polar surface area (TPSA) is 56.7 Å². The third kappa shape index (κ3) is 2.48. The van der Waals surface area contributed by atoms with Crippen molar-refractivity contribution in [2.45, 2.75) is 6.92 Å². The third-order valence-corrected chi connectivity index (χ3v) is 3.78. The average molecular weight is 320 g/mol. The summed E-state index contributed by atoms with van der Waals surface area (Å²) in [5.74, 6) is 0.372. The molecule has 5 nitrogen and oxygen atoms in total. The predicted molar refractivity (Wildman–Crippen MR) is 87.0 cm³/mol. The fourth-order valence-electron chi connectivity index (χ4n) is 2.59. The second-order valence-electron chi connectivity index (χ2n) is 5.34. The Morgan fingerprint density at radius 3 is 2.54 bits per heavy atom. The van der Waals surface area contributed by atoms with Gasteiger partial charge in [0.1, 0.15) is 17.3 Å². The molecular weight excluding hydrogens is 307 g/mol. The van der Waals surface area contributed by atoms with Gasteiger partial charge in [-0.3, -0.25) is 4.98 Å². The molecule has 0 amide bonds. The Labute approximate surface area is 137 Å². The molecule has 6 heteroatoms. The molecule has 0 N–H and O–H groups in total. The molecule has 1 aromatic carbocycles. The monoisotopic (exact) mass is 320 g/mol. The Morgan fingerprint density at radius 2 is 1.79 bits per heavy atom. The maximum Gasteiger partial charge on any atom is 0.143 e. The molecule has 3 aromatic heterocycles. The zero-order valence-corrected chi connectivity index (χ0v) is 12.8. The van der Waals surface area contributed by atoms with Crippen LogP contribution in [0.1, 0.15) is 5.76 Å². The number of halogens is 1. The van der Waals surface area contributed by atoms with Crippen LogP contribution in [0.4, 0.5) is 4.39 Å². The van der Waals surface area contributed by atoms with Gasteiger partial charge in [0.05, 0.1) is 17.6 Å². The smallest absolute Gasteiger partial charge is 0.143 e. The van der Waals surface area contributed by atoms with E-state index < -0.39 is 0 Å². The summed E-state index contributed by atoms with van der Waals surface area (Å²) in [6.07, 6.45) is 7.08. The molecule has 0 saturated carbocycles. The summed E-state index contributed by atoms with van der Waals surface area (Å²) in [6.45, 7) is 1.83. The van der Waals surface area contributed by atoms with Gasteiger partial charge in [0.25, 0.3) is 0 Å². The number of aromatic nitrogens is 4. The Hall–Kier alpha value is -3.28. The predicted octanol–water partition coefficient (Wildman–Crippen LogP) is 4.04. The van der Waals surface area contributed by atoms with Gasteiger partial charge in [0, 0.05) is 29.8 Å². The Morgan fingerprint density at radius 1 is 1.04 bits per heavy atom. The van der Waals surface area contributed by atoms with Gasteiger partial charge in [-0.25, -0.2) is 9.37 Å². The van der Waals surface area contributed by atoms with Crippen LogP contribution < -0.4 is 0 Å². The van der Waals surface area contributed by atoms with E-state index in [-0.39, 0.29) is 5.82 Å². The van der Waals surface area contributed by atoms with E-state index in [4.69, 9.17) is 4.52 Å². The second-order valence-corrected chi connectivity index (χ2v) is 5.34. The van der Waals surface area contributed by atoms with E-state index in [1.54, 1.807) is 30.9 Å². The van der Waals surface area contributed by atoms with Crippen LogP contribution in [0.5, 0.6) is 0 Å². The van der Waals surface area contributed by atoms with Gasteiger partial charge in [-0.05, 0) is 43.3 Å². The van der Waals surface area contributed by atoms with Gasteiger partial charge in [-0.15, -0.1) is 0 Å². The maximum atomic E-state index is 13.2. The van der Waals surface area contributed by atoms with Crippen LogP contribution in [0.25, 0.3) is 28.2 Å². The number of hydrogen-bond donors (Lipinski definition) is 0. The SMILES string of the molecule is Cc1onc(-c2ccc(F)cc2)c1-c1cn(-c2ccncc2)cn1. The molecule has 4 aromatic rings. The summed E-state index contributed by atoms with van der Waals surface area (Å²) in [4.78, 5) is 8.48. The highest BCUT2D eigenvalue weighted by Gasteiger charge is 2.19. The first-order valence-corrected chi connectivity index (χ1v) is 7.39. The minimum atomic E-state index is -0.289. The first-order valence-electron chi connectivity index (χ1n) is 7.39. The molecule has 4 rings (SSSR count). The number of aryl methyl sites for hydroxylation is 1. The van der Waals surface area contributed by atoms with Crippen molar-refractivity contribution in [2.75, 3.05) is 0 Å². The van der Waals surface area contributed by atoms with E-state index in [2.05, 4.69) is 15.1 Å². The molecule has 3 heterocycles. The fourth-order valence-corrected chi connectivity index (χ4v) is 2.59.